The fourth-order valence-corrected chi connectivity index (χ4v) is 14.6. The molecule has 1 amide bonds. The second kappa shape index (κ2) is 20.3. The molecule has 4 heterocycles. The molecule has 0 spiro atoms. The Labute approximate surface area is 389 Å². The number of carboxylic acid groups (broad SMARTS) is 1. The van der Waals surface area contributed by atoms with E-state index in [1.807, 2.05) is 30.3 Å². The molecule has 6 aromatic rings. The Morgan fingerprint density at radius 1 is 0.803 bits per heavy atom. The topological polar surface area (TPSA) is 113 Å². The maximum Gasteiger partial charge on any atom is 0.407 e. The van der Waals surface area contributed by atoms with Gasteiger partial charge in [0.2, 0.25) is 0 Å². The van der Waals surface area contributed by atoms with E-state index in [0.717, 1.165) is 90.7 Å². The van der Waals surface area contributed by atoms with Gasteiger partial charge in [-0.15, -0.1) is 0 Å². The third-order valence-corrected chi connectivity index (χ3v) is 18.3. The van der Waals surface area contributed by atoms with E-state index < -0.39 is 14.4 Å². The van der Waals surface area contributed by atoms with E-state index in [0.29, 0.717) is 51.9 Å². The minimum Gasteiger partial charge on any atom is -0.489 e. The van der Waals surface area contributed by atoms with Gasteiger partial charge in [0.05, 0.1) is 44.7 Å². The summed E-state index contributed by atoms with van der Waals surface area (Å²) in [5.74, 6) is 1.61. The Morgan fingerprint density at radius 2 is 1.48 bits per heavy atom. The first-order chi connectivity index (χ1) is 32.2. The van der Waals surface area contributed by atoms with Crippen LogP contribution in [0.2, 0.25) is 5.04 Å². The molecule has 1 aromatic heterocycles. The van der Waals surface area contributed by atoms with Gasteiger partial charge in [-0.1, -0.05) is 136 Å². The number of carbonyl (C=O) groups is 1. The molecule has 13 heteroatoms. The van der Waals surface area contributed by atoms with Gasteiger partial charge in [-0.25, -0.2) is 4.79 Å². The van der Waals surface area contributed by atoms with Gasteiger partial charge in [0.1, 0.15) is 18.2 Å². The first-order valence-corrected chi connectivity index (χ1v) is 25.3. The molecular weight excluding hydrogens is 845 g/mol. The normalized spacial score (nSPS) is 17.1. The van der Waals surface area contributed by atoms with Gasteiger partial charge in [0.25, 0.3) is 8.32 Å². The molecule has 1 unspecified atom stereocenters. The third kappa shape index (κ3) is 9.90. The van der Waals surface area contributed by atoms with Crippen LogP contribution in [0.4, 0.5) is 16.3 Å². The summed E-state index contributed by atoms with van der Waals surface area (Å²) in [5.41, 5.74) is 4.16. The van der Waals surface area contributed by atoms with Gasteiger partial charge in [-0.05, 0) is 45.3 Å². The van der Waals surface area contributed by atoms with Crippen molar-refractivity contribution in [2.75, 3.05) is 82.0 Å². The second-order valence-electron chi connectivity index (χ2n) is 18.6. The number of benzene rings is 5. The Hall–Kier alpha value is -5.99. The largest absolute Gasteiger partial charge is 0.489 e. The minimum absolute atomic E-state index is 0.254. The first-order valence-electron chi connectivity index (χ1n) is 23.4. The molecule has 1 atom stereocenters. The highest BCUT2D eigenvalue weighted by Crippen LogP contribution is 2.40. The van der Waals surface area contributed by atoms with E-state index in [1.54, 1.807) is 0 Å². The minimum atomic E-state index is -2.97. The Kier molecular flexibility index (Phi) is 13.9. The molecule has 3 aliphatic heterocycles. The van der Waals surface area contributed by atoms with Crippen molar-refractivity contribution in [3.05, 3.63) is 144 Å². The van der Waals surface area contributed by atoms with E-state index >= 15 is 0 Å². The van der Waals surface area contributed by atoms with Gasteiger partial charge >= 0.3 is 12.1 Å². The fraction of sp³-hybridized carbons (Fsp3) is 0.377. The van der Waals surface area contributed by atoms with E-state index in [9.17, 15) is 9.90 Å². The van der Waals surface area contributed by atoms with Crippen LogP contribution in [0, 0.1) is 0 Å². The van der Waals surface area contributed by atoms with Crippen molar-refractivity contribution in [1.82, 2.24) is 19.8 Å². The van der Waals surface area contributed by atoms with Gasteiger partial charge in [0.15, 0.2) is 0 Å². The fourth-order valence-electron chi connectivity index (χ4n) is 9.96. The van der Waals surface area contributed by atoms with Crippen molar-refractivity contribution >= 4 is 47.1 Å². The molecule has 0 saturated carbocycles. The molecule has 9 rings (SSSR count). The number of rotatable bonds is 15. The highest BCUT2D eigenvalue weighted by atomic mass is 28.4. The van der Waals surface area contributed by atoms with Crippen molar-refractivity contribution in [3.63, 3.8) is 0 Å². The quantitative estimate of drug-likeness (QED) is 0.0812. The van der Waals surface area contributed by atoms with Crippen LogP contribution >= 0.6 is 0 Å². The molecule has 0 aliphatic carbocycles. The van der Waals surface area contributed by atoms with Crippen molar-refractivity contribution in [2.45, 2.75) is 57.8 Å². The standard InChI is InChI=1S/C53H62N6O6Si/c1-53(2,3)66(44-19-9-5-10-20-44,45-21-11-6-12-22-45)65-39-42-36-58(52(60)61)27-28-59(42)50-47-24-26-57(37-48(47)54-51(55-50)63-31-15-25-56-29-32-62-33-30-56)49-35-43(34-41-18-13-14-23-46(41)49)64-38-40-16-7-4-8-17-40/h4-14,16-23,34-35,42H,15,24-33,36-39H2,1-3H3,(H,60,61). The predicted molar refractivity (Wildman–Crippen MR) is 263 cm³/mol. The molecule has 1 N–H and O–H groups in total. The van der Waals surface area contributed by atoms with Crippen LogP contribution in [0.15, 0.2) is 127 Å². The summed E-state index contributed by atoms with van der Waals surface area (Å²) in [7, 11) is -2.97. The van der Waals surface area contributed by atoms with Crippen LogP contribution in [-0.2, 0) is 28.7 Å². The van der Waals surface area contributed by atoms with Crippen LogP contribution in [0.1, 0.15) is 44.0 Å². The first kappa shape index (κ1) is 45.2. The summed E-state index contributed by atoms with van der Waals surface area (Å²) in [6.45, 7) is 14.6. The molecule has 3 aliphatic rings. The second-order valence-corrected chi connectivity index (χ2v) is 22.9. The van der Waals surface area contributed by atoms with Crippen LogP contribution in [0.3, 0.4) is 0 Å². The molecule has 12 nitrogen and oxygen atoms in total. The summed E-state index contributed by atoms with van der Waals surface area (Å²) in [6, 6.07) is 44.2. The zero-order chi connectivity index (χ0) is 45.5. The van der Waals surface area contributed by atoms with Gasteiger partial charge < -0.3 is 38.4 Å². The summed E-state index contributed by atoms with van der Waals surface area (Å²) < 4.78 is 26.0. The van der Waals surface area contributed by atoms with Crippen LogP contribution < -0.4 is 29.6 Å². The Morgan fingerprint density at radius 3 is 2.18 bits per heavy atom. The summed E-state index contributed by atoms with van der Waals surface area (Å²) in [4.78, 5) is 31.7. The zero-order valence-electron chi connectivity index (χ0n) is 38.5. The zero-order valence-corrected chi connectivity index (χ0v) is 39.5. The van der Waals surface area contributed by atoms with Crippen molar-refractivity contribution in [3.8, 4) is 11.8 Å². The third-order valence-electron chi connectivity index (χ3n) is 13.3. The molecular formula is C53H62N6O6Si. The number of piperazine rings is 1. The number of amides is 1. The monoisotopic (exact) mass is 906 g/mol. The number of morpholine rings is 1. The lowest BCUT2D eigenvalue weighted by Crippen LogP contribution is -2.68. The summed E-state index contributed by atoms with van der Waals surface area (Å²) in [6.07, 6.45) is 0.583. The van der Waals surface area contributed by atoms with Crippen molar-refractivity contribution in [2.24, 2.45) is 0 Å². The molecule has 2 saturated heterocycles. The number of aromatic nitrogens is 2. The number of hydrogen-bond donors (Lipinski definition) is 1. The van der Waals surface area contributed by atoms with Crippen molar-refractivity contribution in [1.29, 1.82) is 0 Å². The Bertz CT molecular complexity index is 2520. The lowest BCUT2D eigenvalue weighted by atomic mass is 10.0. The number of hydrogen-bond acceptors (Lipinski definition) is 10. The van der Waals surface area contributed by atoms with E-state index in [4.69, 9.17) is 28.6 Å². The lowest BCUT2D eigenvalue weighted by molar-refractivity contribution is 0.0356. The summed E-state index contributed by atoms with van der Waals surface area (Å²) >= 11 is 0. The number of nitrogens with zero attached hydrogens (tertiary/aromatic N) is 6. The predicted octanol–water partition coefficient (Wildman–Crippen LogP) is 7.62. The Balaban J connectivity index is 1.07. The lowest BCUT2D eigenvalue weighted by Gasteiger charge is -2.47. The van der Waals surface area contributed by atoms with Crippen molar-refractivity contribution < 1.29 is 28.5 Å². The molecule has 344 valence electrons. The maximum absolute atomic E-state index is 12.7. The molecule has 66 heavy (non-hydrogen) atoms. The summed E-state index contributed by atoms with van der Waals surface area (Å²) in [5, 5.41) is 14.8. The smallest absolute Gasteiger partial charge is 0.407 e. The van der Waals surface area contributed by atoms with E-state index in [-0.39, 0.29) is 17.6 Å². The highest BCUT2D eigenvalue weighted by Gasteiger charge is 2.51. The van der Waals surface area contributed by atoms with E-state index in [1.165, 1.54) is 15.3 Å². The number of anilines is 2. The van der Waals surface area contributed by atoms with Crippen LogP contribution in [0.5, 0.6) is 11.8 Å². The molecule has 2 fully saturated rings. The molecule has 5 aromatic carbocycles. The highest BCUT2D eigenvalue weighted by molar-refractivity contribution is 6.99. The molecule has 0 bridgehead atoms. The molecule has 0 radical (unpaired) electrons. The van der Waals surface area contributed by atoms with Gasteiger partial charge in [0, 0.05) is 68.5 Å². The maximum atomic E-state index is 12.7. The van der Waals surface area contributed by atoms with E-state index in [2.05, 4.69) is 133 Å². The SMILES string of the molecule is CC(C)(C)[Si](OCC1CN(C(=O)O)CCN1c1nc(OCCCN2CCOCC2)nc2c1CCN(c1cc(OCc3ccccc3)cc3ccccc13)C2)(c1ccccc1)c1ccccc1. The van der Waals surface area contributed by atoms with Gasteiger partial charge in [-0.2, -0.15) is 9.97 Å². The number of fused-ring (bicyclic) bond motifs is 2. The number of ether oxygens (including phenoxy) is 3. The average Bonchev–Trinajstić information content (AvgIpc) is 3.35. The van der Waals surface area contributed by atoms with Gasteiger partial charge in [-0.3, -0.25) is 4.90 Å². The van der Waals surface area contributed by atoms with Crippen LogP contribution in [-0.4, -0.2) is 118 Å². The average molecular weight is 907 g/mol. The van der Waals surface area contributed by atoms with Crippen LogP contribution in [0.25, 0.3) is 10.8 Å².